The second-order valence-electron chi connectivity index (χ2n) is 4.73. The molecule has 1 aliphatic rings. The Morgan fingerprint density at radius 3 is 2.76 bits per heavy atom. The van der Waals surface area contributed by atoms with E-state index in [9.17, 15) is 5.11 Å². The maximum Gasteiger partial charge on any atom is 0.134 e. The standard InChI is InChI=1S/C16H15NO4/c18-15(11-4-2-1-3-5-11)10-20-12-6-7-13-14(17-19)9-21-16(13)8-12/h1-8,15,18-19H,9-10H2. The number of rotatable bonds is 4. The Labute approximate surface area is 122 Å². The van der Waals surface area contributed by atoms with E-state index in [1.54, 1.807) is 18.2 Å². The molecule has 0 radical (unpaired) electrons. The Morgan fingerprint density at radius 1 is 1.19 bits per heavy atom. The highest BCUT2D eigenvalue weighted by Crippen LogP contribution is 2.30. The van der Waals surface area contributed by atoms with Crippen molar-refractivity contribution in [3.8, 4) is 11.5 Å². The molecule has 2 N–H and O–H groups in total. The molecule has 2 aromatic rings. The number of fused-ring (bicyclic) bond motifs is 1. The average molecular weight is 285 g/mol. The van der Waals surface area contributed by atoms with Gasteiger partial charge < -0.3 is 19.8 Å². The number of aliphatic hydroxyl groups excluding tert-OH is 1. The number of hydrogen-bond acceptors (Lipinski definition) is 5. The van der Waals surface area contributed by atoms with E-state index in [2.05, 4.69) is 5.16 Å². The SMILES string of the molecule is ON=C1COc2cc(OCC(O)c3ccccc3)ccc21. The van der Waals surface area contributed by atoms with Crippen molar-refractivity contribution in [3.63, 3.8) is 0 Å². The summed E-state index contributed by atoms with van der Waals surface area (Å²) < 4.78 is 11.0. The summed E-state index contributed by atoms with van der Waals surface area (Å²) in [7, 11) is 0. The molecule has 0 spiro atoms. The van der Waals surface area contributed by atoms with E-state index in [0.717, 1.165) is 11.1 Å². The van der Waals surface area contributed by atoms with Crippen LogP contribution in [0.4, 0.5) is 0 Å². The van der Waals surface area contributed by atoms with E-state index in [0.29, 0.717) is 17.2 Å². The van der Waals surface area contributed by atoms with Crippen molar-refractivity contribution in [1.82, 2.24) is 0 Å². The third-order valence-corrected chi connectivity index (χ3v) is 3.34. The van der Waals surface area contributed by atoms with Gasteiger partial charge in [0.15, 0.2) is 0 Å². The summed E-state index contributed by atoms with van der Waals surface area (Å²) in [5, 5.41) is 22.1. The maximum atomic E-state index is 10.0. The lowest BCUT2D eigenvalue weighted by atomic mass is 10.1. The summed E-state index contributed by atoms with van der Waals surface area (Å²) in [6.45, 7) is 0.408. The number of hydrogen-bond donors (Lipinski definition) is 2. The maximum absolute atomic E-state index is 10.0. The summed E-state index contributed by atoms with van der Waals surface area (Å²) in [4.78, 5) is 0. The van der Waals surface area contributed by atoms with E-state index in [1.165, 1.54) is 0 Å². The highest BCUT2D eigenvalue weighted by molar-refractivity contribution is 6.05. The lowest BCUT2D eigenvalue weighted by Gasteiger charge is -2.13. The fourth-order valence-corrected chi connectivity index (χ4v) is 2.20. The third kappa shape index (κ3) is 2.83. The van der Waals surface area contributed by atoms with Crippen molar-refractivity contribution in [2.45, 2.75) is 6.10 Å². The van der Waals surface area contributed by atoms with Crippen molar-refractivity contribution in [2.75, 3.05) is 13.2 Å². The van der Waals surface area contributed by atoms with Gasteiger partial charge in [0.25, 0.3) is 0 Å². The molecule has 5 nitrogen and oxygen atoms in total. The van der Waals surface area contributed by atoms with Crippen LogP contribution in [0.25, 0.3) is 0 Å². The Hall–Kier alpha value is -2.53. The third-order valence-electron chi connectivity index (χ3n) is 3.34. The number of oxime groups is 1. The molecule has 0 fully saturated rings. The van der Waals surface area contributed by atoms with Crippen LogP contribution in [0.15, 0.2) is 53.7 Å². The Bertz CT molecular complexity index is 655. The molecule has 2 aromatic carbocycles. The molecule has 3 rings (SSSR count). The predicted octanol–water partition coefficient (Wildman–Crippen LogP) is 2.37. The van der Waals surface area contributed by atoms with Crippen LogP contribution in [0.2, 0.25) is 0 Å². The molecule has 1 atom stereocenters. The van der Waals surface area contributed by atoms with E-state index in [4.69, 9.17) is 14.7 Å². The number of benzene rings is 2. The number of aliphatic hydroxyl groups is 1. The largest absolute Gasteiger partial charge is 0.490 e. The minimum Gasteiger partial charge on any atom is -0.490 e. The topological polar surface area (TPSA) is 71.3 Å². The Kier molecular flexibility index (Phi) is 3.75. The van der Waals surface area contributed by atoms with Gasteiger partial charge in [0.05, 0.1) is 0 Å². The Balaban J connectivity index is 1.67. The normalized spacial score (nSPS) is 16.3. The minimum atomic E-state index is -0.685. The first-order chi connectivity index (χ1) is 10.3. The monoisotopic (exact) mass is 285 g/mol. The van der Waals surface area contributed by atoms with Crippen LogP contribution in [0, 0.1) is 0 Å². The van der Waals surface area contributed by atoms with E-state index < -0.39 is 6.10 Å². The summed E-state index contributed by atoms with van der Waals surface area (Å²) >= 11 is 0. The van der Waals surface area contributed by atoms with Gasteiger partial charge in [-0.15, -0.1) is 0 Å². The van der Waals surface area contributed by atoms with E-state index in [-0.39, 0.29) is 13.2 Å². The molecule has 0 aliphatic carbocycles. The van der Waals surface area contributed by atoms with Crippen LogP contribution in [-0.2, 0) is 0 Å². The summed E-state index contributed by atoms with van der Waals surface area (Å²) in [5.41, 5.74) is 2.07. The van der Waals surface area contributed by atoms with Crippen LogP contribution in [0.1, 0.15) is 17.2 Å². The summed E-state index contributed by atoms with van der Waals surface area (Å²) in [6, 6.07) is 14.6. The van der Waals surface area contributed by atoms with Crippen LogP contribution in [0.5, 0.6) is 11.5 Å². The first-order valence-electron chi connectivity index (χ1n) is 6.62. The lowest BCUT2D eigenvalue weighted by Crippen LogP contribution is -2.09. The van der Waals surface area contributed by atoms with Gasteiger partial charge in [-0.05, 0) is 17.7 Å². The van der Waals surface area contributed by atoms with E-state index >= 15 is 0 Å². The quantitative estimate of drug-likeness (QED) is 0.668. The number of ether oxygens (including phenoxy) is 2. The van der Waals surface area contributed by atoms with Gasteiger partial charge in [0.2, 0.25) is 0 Å². The van der Waals surface area contributed by atoms with Crippen LogP contribution in [-0.4, -0.2) is 29.2 Å². The molecule has 0 aromatic heterocycles. The molecule has 21 heavy (non-hydrogen) atoms. The molecule has 5 heteroatoms. The zero-order chi connectivity index (χ0) is 14.7. The molecule has 0 bridgehead atoms. The predicted molar refractivity (Wildman–Crippen MR) is 77.2 cm³/mol. The second-order valence-corrected chi connectivity index (χ2v) is 4.73. The molecular formula is C16H15NO4. The highest BCUT2D eigenvalue weighted by Gasteiger charge is 2.20. The molecule has 1 aliphatic heterocycles. The fraction of sp³-hybridized carbons (Fsp3) is 0.188. The fourth-order valence-electron chi connectivity index (χ4n) is 2.20. The van der Waals surface area contributed by atoms with Crippen molar-refractivity contribution in [2.24, 2.45) is 5.16 Å². The van der Waals surface area contributed by atoms with Gasteiger partial charge in [0.1, 0.15) is 36.5 Å². The van der Waals surface area contributed by atoms with Crippen molar-refractivity contribution < 1.29 is 19.8 Å². The summed E-state index contributed by atoms with van der Waals surface area (Å²) in [6.07, 6.45) is -0.685. The van der Waals surface area contributed by atoms with E-state index in [1.807, 2.05) is 30.3 Å². The smallest absolute Gasteiger partial charge is 0.134 e. The first-order valence-corrected chi connectivity index (χ1v) is 6.62. The van der Waals surface area contributed by atoms with Crippen molar-refractivity contribution in [1.29, 1.82) is 0 Å². The molecule has 0 saturated carbocycles. The average Bonchev–Trinajstić information content (AvgIpc) is 2.95. The lowest BCUT2D eigenvalue weighted by molar-refractivity contribution is 0.108. The Morgan fingerprint density at radius 2 is 2.00 bits per heavy atom. The molecular weight excluding hydrogens is 270 g/mol. The number of nitrogens with zero attached hydrogens (tertiary/aromatic N) is 1. The zero-order valence-corrected chi connectivity index (χ0v) is 11.3. The van der Waals surface area contributed by atoms with Gasteiger partial charge in [-0.2, -0.15) is 0 Å². The van der Waals surface area contributed by atoms with Gasteiger partial charge >= 0.3 is 0 Å². The second kappa shape index (κ2) is 5.85. The van der Waals surface area contributed by atoms with Gasteiger partial charge in [-0.3, -0.25) is 0 Å². The summed E-state index contributed by atoms with van der Waals surface area (Å²) in [5.74, 6) is 1.22. The molecule has 0 saturated heterocycles. The van der Waals surface area contributed by atoms with Gasteiger partial charge in [-0.25, -0.2) is 0 Å². The zero-order valence-electron chi connectivity index (χ0n) is 11.3. The van der Waals surface area contributed by atoms with Gasteiger partial charge in [-0.1, -0.05) is 35.5 Å². The van der Waals surface area contributed by atoms with Crippen LogP contribution >= 0.6 is 0 Å². The highest BCUT2D eigenvalue weighted by atomic mass is 16.5. The molecule has 1 unspecified atom stereocenters. The molecule has 0 amide bonds. The molecule has 1 heterocycles. The minimum absolute atomic E-state index is 0.156. The van der Waals surface area contributed by atoms with Crippen molar-refractivity contribution in [3.05, 3.63) is 59.7 Å². The van der Waals surface area contributed by atoms with Gasteiger partial charge in [0, 0.05) is 11.6 Å². The van der Waals surface area contributed by atoms with Crippen molar-refractivity contribution >= 4 is 5.71 Å². The van der Waals surface area contributed by atoms with Crippen LogP contribution < -0.4 is 9.47 Å². The molecule has 108 valence electrons. The first kappa shape index (κ1) is 13.5. The van der Waals surface area contributed by atoms with Crippen LogP contribution in [0.3, 0.4) is 0 Å².